The van der Waals surface area contributed by atoms with Crippen molar-refractivity contribution in [1.82, 2.24) is 20.1 Å². The number of aryl methyl sites for hydroxylation is 1. The zero-order chi connectivity index (χ0) is 22.5. The molecule has 1 amide bonds. The maximum absolute atomic E-state index is 13.7. The second-order valence-electron chi connectivity index (χ2n) is 9.66. The molecule has 2 bridgehead atoms. The van der Waals surface area contributed by atoms with Gasteiger partial charge in [0, 0.05) is 6.04 Å². The van der Waals surface area contributed by atoms with Crippen molar-refractivity contribution < 1.29 is 4.79 Å². The zero-order valence-corrected chi connectivity index (χ0v) is 19.8. The molecule has 1 aromatic carbocycles. The van der Waals surface area contributed by atoms with Crippen LogP contribution in [0, 0.1) is 24.7 Å². The van der Waals surface area contributed by atoms with E-state index in [2.05, 4.69) is 18.3 Å². The number of hydrogen-bond donors (Lipinski definition) is 1. The number of aromatic nitrogens is 3. The summed E-state index contributed by atoms with van der Waals surface area (Å²) in [5.74, 6) is 2.21. The first-order chi connectivity index (χ1) is 16.1. The number of benzene rings is 1. The molecule has 6 heteroatoms. The average Bonchev–Trinajstić information content (AvgIpc) is 3.63. The highest BCUT2D eigenvalue weighted by Gasteiger charge is 2.42. The van der Waals surface area contributed by atoms with Crippen molar-refractivity contribution in [1.29, 1.82) is 0 Å². The first kappa shape index (κ1) is 20.6. The van der Waals surface area contributed by atoms with Gasteiger partial charge in [-0.2, -0.15) is 5.10 Å². The third-order valence-electron chi connectivity index (χ3n) is 7.63. The van der Waals surface area contributed by atoms with Crippen molar-refractivity contribution in [2.75, 3.05) is 0 Å². The van der Waals surface area contributed by atoms with Crippen LogP contribution in [0.15, 0.2) is 53.9 Å². The van der Waals surface area contributed by atoms with Gasteiger partial charge < -0.3 is 5.32 Å². The summed E-state index contributed by atoms with van der Waals surface area (Å²) in [6.07, 6.45) is 5.29. The lowest BCUT2D eigenvalue weighted by molar-refractivity contribution is 0.0917. The van der Waals surface area contributed by atoms with Crippen LogP contribution < -0.4 is 5.32 Å². The van der Waals surface area contributed by atoms with Crippen LogP contribution in [0.25, 0.3) is 27.3 Å². The molecule has 6 rings (SSSR count). The third kappa shape index (κ3) is 3.57. The van der Waals surface area contributed by atoms with Crippen molar-refractivity contribution in [2.45, 2.75) is 45.6 Å². The molecule has 168 valence electrons. The van der Waals surface area contributed by atoms with E-state index in [1.165, 1.54) is 25.7 Å². The van der Waals surface area contributed by atoms with Crippen molar-refractivity contribution in [3.8, 4) is 16.3 Å². The molecule has 3 aromatic heterocycles. The Balaban J connectivity index is 1.43. The molecule has 5 nitrogen and oxygen atoms in total. The minimum Gasteiger partial charge on any atom is -0.349 e. The van der Waals surface area contributed by atoms with Gasteiger partial charge in [-0.1, -0.05) is 30.7 Å². The molecule has 0 saturated heterocycles. The zero-order valence-electron chi connectivity index (χ0n) is 19.0. The van der Waals surface area contributed by atoms with Crippen LogP contribution in [0.3, 0.4) is 0 Å². The predicted octanol–water partition coefficient (Wildman–Crippen LogP) is 6.01. The average molecular weight is 457 g/mol. The number of carbonyl (C=O) groups is 1. The van der Waals surface area contributed by atoms with Crippen molar-refractivity contribution in [3.05, 3.63) is 65.2 Å². The maximum Gasteiger partial charge on any atom is 0.252 e. The predicted molar refractivity (Wildman–Crippen MR) is 133 cm³/mol. The number of carbonyl (C=O) groups excluding carboxylic acids is 1. The Kier molecular flexibility index (Phi) is 5.06. The van der Waals surface area contributed by atoms with E-state index in [0.717, 1.165) is 44.8 Å². The number of amides is 1. The topological polar surface area (TPSA) is 59.8 Å². The smallest absolute Gasteiger partial charge is 0.252 e. The molecule has 2 saturated carbocycles. The molecular weight excluding hydrogens is 428 g/mol. The Morgan fingerprint density at radius 2 is 2.00 bits per heavy atom. The summed E-state index contributed by atoms with van der Waals surface area (Å²) in [6.45, 7) is 4.15. The largest absolute Gasteiger partial charge is 0.349 e. The van der Waals surface area contributed by atoms with Crippen LogP contribution in [0.5, 0.6) is 0 Å². The molecule has 4 atom stereocenters. The van der Waals surface area contributed by atoms with E-state index in [0.29, 0.717) is 11.5 Å². The number of nitrogens with one attached hydrogen (secondary N) is 1. The lowest BCUT2D eigenvalue weighted by Crippen LogP contribution is -2.40. The number of pyridine rings is 1. The van der Waals surface area contributed by atoms with E-state index in [-0.39, 0.29) is 11.9 Å². The molecule has 2 aliphatic carbocycles. The SMILES string of the molecule is Cc1nn(-c2ccccc2)c2nc(-c3cccs3)cc(C(=O)NC(C)C3CC4CCC3C4)c12. The number of para-hydroxylation sites is 1. The minimum atomic E-state index is -0.0220. The van der Waals surface area contributed by atoms with E-state index in [1.54, 1.807) is 11.3 Å². The molecule has 0 spiro atoms. The van der Waals surface area contributed by atoms with E-state index in [1.807, 2.05) is 59.5 Å². The summed E-state index contributed by atoms with van der Waals surface area (Å²) in [5.41, 5.74) is 3.96. The molecule has 0 aliphatic heterocycles. The second-order valence-corrected chi connectivity index (χ2v) is 10.6. The van der Waals surface area contributed by atoms with Gasteiger partial charge in [-0.25, -0.2) is 9.67 Å². The lowest BCUT2D eigenvalue weighted by Gasteiger charge is -2.28. The molecule has 0 radical (unpaired) electrons. The van der Waals surface area contributed by atoms with Crippen LogP contribution in [0.1, 0.15) is 48.7 Å². The van der Waals surface area contributed by atoms with Crippen LogP contribution >= 0.6 is 11.3 Å². The molecule has 1 N–H and O–H groups in total. The molecule has 3 heterocycles. The molecule has 2 fully saturated rings. The Labute approximate surface area is 197 Å². The van der Waals surface area contributed by atoms with Gasteiger partial charge in [0.05, 0.1) is 32.9 Å². The summed E-state index contributed by atoms with van der Waals surface area (Å²) in [5, 5.41) is 11.0. The van der Waals surface area contributed by atoms with Gasteiger partial charge in [0.25, 0.3) is 5.91 Å². The van der Waals surface area contributed by atoms with E-state index >= 15 is 0 Å². The van der Waals surface area contributed by atoms with Crippen molar-refractivity contribution in [2.24, 2.45) is 17.8 Å². The van der Waals surface area contributed by atoms with Gasteiger partial charge in [-0.3, -0.25) is 4.79 Å². The minimum absolute atomic E-state index is 0.0220. The summed E-state index contributed by atoms with van der Waals surface area (Å²) >= 11 is 1.63. The molecule has 4 aromatic rings. The lowest BCUT2D eigenvalue weighted by atomic mass is 9.84. The highest BCUT2D eigenvalue weighted by atomic mass is 32.1. The number of hydrogen-bond acceptors (Lipinski definition) is 4. The number of thiophene rings is 1. The van der Waals surface area contributed by atoms with Gasteiger partial charge in [0.1, 0.15) is 0 Å². The normalized spacial score (nSPS) is 22.7. The van der Waals surface area contributed by atoms with E-state index in [4.69, 9.17) is 10.1 Å². The Morgan fingerprint density at radius 1 is 1.15 bits per heavy atom. The van der Waals surface area contributed by atoms with Gasteiger partial charge in [0.15, 0.2) is 5.65 Å². The fraction of sp³-hybridized carbons (Fsp3) is 0.370. The maximum atomic E-state index is 13.7. The van der Waals surface area contributed by atoms with Crippen LogP contribution in [0.2, 0.25) is 0 Å². The molecule has 2 aliphatic rings. The quantitative estimate of drug-likeness (QED) is 0.400. The Bertz CT molecular complexity index is 1310. The highest BCUT2D eigenvalue weighted by molar-refractivity contribution is 7.13. The van der Waals surface area contributed by atoms with Crippen LogP contribution in [0.4, 0.5) is 0 Å². The number of nitrogens with zero attached hydrogens (tertiary/aromatic N) is 3. The van der Waals surface area contributed by atoms with Gasteiger partial charge >= 0.3 is 0 Å². The summed E-state index contributed by atoms with van der Waals surface area (Å²) in [7, 11) is 0. The summed E-state index contributed by atoms with van der Waals surface area (Å²) in [6, 6.07) is 16.2. The first-order valence-electron chi connectivity index (χ1n) is 11.9. The molecule has 33 heavy (non-hydrogen) atoms. The van der Waals surface area contributed by atoms with E-state index in [9.17, 15) is 4.79 Å². The first-order valence-corrected chi connectivity index (χ1v) is 12.8. The monoisotopic (exact) mass is 456 g/mol. The Morgan fingerprint density at radius 3 is 2.70 bits per heavy atom. The van der Waals surface area contributed by atoms with Gasteiger partial charge in [-0.05, 0) is 80.5 Å². The third-order valence-corrected chi connectivity index (χ3v) is 8.52. The summed E-state index contributed by atoms with van der Waals surface area (Å²) < 4.78 is 1.86. The van der Waals surface area contributed by atoms with Crippen LogP contribution in [-0.2, 0) is 0 Å². The molecule has 4 unspecified atom stereocenters. The molecular formula is C27H28N4OS. The van der Waals surface area contributed by atoms with E-state index < -0.39 is 0 Å². The van der Waals surface area contributed by atoms with Gasteiger partial charge in [-0.15, -0.1) is 11.3 Å². The highest BCUT2D eigenvalue weighted by Crippen LogP contribution is 2.49. The Hall–Kier alpha value is -2.99. The van der Waals surface area contributed by atoms with Crippen molar-refractivity contribution >= 4 is 28.3 Å². The number of rotatable bonds is 5. The fourth-order valence-electron chi connectivity index (χ4n) is 6.07. The number of fused-ring (bicyclic) bond motifs is 3. The summed E-state index contributed by atoms with van der Waals surface area (Å²) in [4.78, 5) is 19.7. The second kappa shape index (κ2) is 8.10. The fourth-order valence-corrected chi connectivity index (χ4v) is 6.75. The van der Waals surface area contributed by atoms with Gasteiger partial charge in [0.2, 0.25) is 0 Å². The van der Waals surface area contributed by atoms with Crippen molar-refractivity contribution in [3.63, 3.8) is 0 Å². The van der Waals surface area contributed by atoms with Crippen LogP contribution in [-0.4, -0.2) is 26.7 Å². The standard InChI is InChI=1S/C27H28N4OS/c1-16(21-14-18-10-11-19(21)13-18)28-27(32)22-15-23(24-9-6-12-33-24)29-26-25(22)17(2)30-31(26)20-7-4-3-5-8-20/h3-9,12,15-16,18-19,21H,10-11,13-14H2,1-2H3,(H,28,32).